The molecule has 0 saturated carbocycles. The lowest BCUT2D eigenvalue weighted by Crippen LogP contribution is -2.08. The average Bonchev–Trinajstić information content (AvgIpc) is 3.02. The first-order chi connectivity index (χ1) is 20.7. The summed E-state index contributed by atoms with van der Waals surface area (Å²) in [6.45, 7) is 0. The standard InChI is InChI=1S/C31H33ClN2O9/c1-37-19-15-25(39-3)20(26(16-19)40-4)9-11-28(36)34-18-8-10-24(38-2)22(14-18)33-13-12-23(35)21-17-27(41-5)30(42-6)31(43-7)29(21)32/h8-17,33H,1-7H3,(H,34,36). The van der Waals surface area contributed by atoms with Gasteiger partial charge in [-0.25, -0.2) is 0 Å². The van der Waals surface area contributed by atoms with Crippen LogP contribution in [0.3, 0.4) is 0 Å². The predicted molar refractivity (Wildman–Crippen MR) is 165 cm³/mol. The number of carbonyl (C=O) groups is 2. The summed E-state index contributed by atoms with van der Waals surface area (Å²) in [6.07, 6.45) is 5.64. The summed E-state index contributed by atoms with van der Waals surface area (Å²) in [6, 6.07) is 9.85. The Morgan fingerprint density at radius 1 is 0.698 bits per heavy atom. The number of nitrogens with one attached hydrogen (secondary N) is 2. The summed E-state index contributed by atoms with van der Waals surface area (Å²) in [5, 5.41) is 5.88. The van der Waals surface area contributed by atoms with E-state index in [1.807, 2.05) is 0 Å². The quantitative estimate of drug-likeness (QED) is 0.169. The lowest BCUT2D eigenvalue weighted by atomic mass is 10.1. The number of hydrogen-bond donors (Lipinski definition) is 2. The Morgan fingerprint density at radius 3 is 1.88 bits per heavy atom. The summed E-state index contributed by atoms with van der Waals surface area (Å²) < 4.78 is 37.5. The van der Waals surface area contributed by atoms with Gasteiger partial charge < -0.3 is 43.8 Å². The van der Waals surface area contributed by atoms with Crippen molar-refractivity contribution in [3.8, 4) is 40.2 Å². The molecule has 3 aromatic carbocycles. The second-order valence-corrected chi connectivity index (χ2v) is 8.91. The number of anilines is 2. The number of methoxy groups -OCH3 is 7. The van der Waals surface area contributed by atoms with Gasteiger partial charge in [0, 0.05) is 41.7 Å². The van der Waals surface area contributed by atoms with E-state index in [4.69, 9.17) is 44.8 Å². The van der Waals surface area contributed by atoms with Gasteiger partial charge in [0.15, 0.2) is 17.3 Å². The van der Waals surface area contributed by atoms with Crippen molar-refractivity contribution in [1.29, 1.82) is 0 Å². The summed E-state index contributed by atoms with van der Waals surface area (Å²) >= 11 is 6.42. The maximum Gasteiger partial charge on any atom is 0.248 e. The zero-order valence-corrected chi connectivity index (χ0v) is 25.6. The van der Waals surface area contributed by atoms with Crippen molar-refractivity contribution in [2.75, 3.05) is 60.4 Å². The first-order valence-corrected chi connectivity index (χ1v) is 13.1. The van der Waals surface area contributed by atoms with Gasteiger partial charge in [-0.15, -0.1) is 0 Å². The highest BCUT2D eigenvalue weighted by Crippen LogP contribution is 2.45. The number of carbonyl (C=O) groups excluding carboxylic acids is 2. The van der Waals surface area contributed by atoms with Crippen LogP contribution in [-0.4, -0.2) is 61.5 Å². The Hall–Kier alpha value is -5.03. The molecule has 0 heterocycles. The van der Waals surface area contributed by atoms with Gasteiger partial charge in [-0.05, 0) is 30.3 Å². The third-order valence-electron chi connectivity index (χ3n) is 6.13. The highest BCUT2D eigenvalue weighted by atomic mass is 35.5. The molecule has 3 rings (SSSR count). The Balaban J connectivity index is 1.79. The highest BCUT2D eigenvalue weighted by molar-refractivity contribution is 6.36. The van der Waals surface area contributed by atoms with Crippen molar-refractivity contribution in [3.05, 3.63) is 70.9 Å². The van der Waals surface area contributed by atoms with Crippen molar-refractivity contribution in [1.82, 2.24) is 0 Å². The fourth-order valence-electron chi connectivity index (χ4n) is 4.04. The number of benzene rings is 3. The Bertz CT molecular complexity index is 1510. The minimum Gasteiger partial charge on any atom is -0.496 e. The molecule has 11 nitrogen and oxygen atoms in total. The second kappa shape index (κ2) is 15.3. The number of halogens is 1. The fraction of sp³-hybridized carbons (Fsp3) is 0.226. The molecule has 0 unspecified atom stereocenters. The molecule has 12 heteroatoms. The Morgan fingerprint density at radius 2 is 1.33 bits per heavy atom. The van der Waals surface area contributed by atoms with E-state index in [0.717, 1.165) is 0 Å². The molecule has 0 aliphatic carbocycles. The number of ether oxygens (including phenoxy) is 7. The largest absolute Gasteiger partial charge is 0.496 e. The SMILES string of the molecule is COc1cc(OC)c(C=CC(=O)Nc2ccc(OC)c(NC=CC(=O)c3cc(OC)c(OC)c(OC)c3Cl)c2)c(OC)c1. The third-order valence-corrected chi connectivity index (χ3v) is 6.51. The van der Waals surface area contributed by atoms with Crippen LogP contribution in [0.15, 0.2) is 54.8 Å². The number of hydrogen-bond acceptors (Lipinski definition) is 10. The van der Waals surface area contributed by atoms with Crippen LogP contribution >= 0.6 is 11.6 Å². The normalized spacial score (nSPS) is 10.8. The van der Waals surface area contributed by atoms with E-state index >= 15 is 0 Å². The van der Waals surface area contributed by atoms with Gasteiger partial charge in [0.25, 0.3) is 0 Å². The van der Waals surface area contributed by atoms with Gasteiger partial charge in [-0.1, -0.05) is 11.6 Å². The first kappa shape index (κ1) is 32.5. The van der Waals surface area contributed by atoms with Crippen molar-refractivity contribution in [2.24, 2.45) is 0 Å². The molecule has 0 aliphatic heterocycles. The summed E-state index contributed by atoms with van der Waals surface area (Å²) in [7, 11) is 10.4. The lowest BCUT2D eigenvalue weighted by Gasteiger charge is -2.15. The molecule has 228 valence electrons. The Kier molecular flexibility index (Phi) is 11.5. The van der Waals surface area contributed by atoms with Gasteiger partial charge in [0.2, 0.25) is 11.7 Å². The third kappa shape index (κ3) is 7.63. The zero-order chi connectivity index (χ0) is 31.5. The molecular formula is C31H33ClN2O9. The average molecular weight is 613 g/mol. The van der Waals surface area contributed by atoms with E-state index < -0.39 is 11.7 Å². The van der Waals surface area contributed by atoms with Crippen LogP contribution in [0.25, 0.3) is 6.08 Å². The predicted octanol–water partition coefficient (Wildman–Crippen LogP) is 5.86. The molecule has 0 radical (unpaired) electrons. The minimum atomic E-state index is -0.422. The summed E-state index contributed by atoms with van der Waals surface area (Å²) in [5.74, 6) is 1.89. The van der Waals surface area contributed by atoms with Crippen molar-refractivity contribution in [2.45, 2.75) is 0 Å². The van der Waals surface area contributed by atoms with Crippen LogP contribution in [0.1, 0.15) is 15.9 Å². The first-order valence-electron chi connectivity index (χ1n) is 12.7. The van der Waals surface area contributed by atoms with Crippen LogP contribution in [-0.2, 0) is 4.79 Å². The molecule has 1 amide bonds. The van der Waals surface area contributed by atoms with Crippen LogP contribution < -0.4 is 43.8 Å². The van der Waals surface area contributed by atoms with E-state index in [0.29, 0.717) is 39.9 Å². The van der Waals surface area contributed by atoms with Crippen molar-refractivity contribution in [3.63, 3.8) is 0 Å². The zero-order valence-electron chi connectivity index (χ0n) is 24.8. The molecular weight excluding hydrogens is 580 g/mol. The number of rotatable bonds is 14. The van der Waals surface area contributed by atoms with Gasteiger partial charge in [0.05, 0.1) is 66.0 Å². The van der Waals surface area contributed by atoms with E-state index in [2.05, 4.69) is 10.6 Å². The molecule has 0 fully saturated rings. The molecule has 43 heavy (non-hydrogen) atoms. The Labute approximate surface area is 254 Å². The van der Waals surface area contributed by atoms with Crippen LogP contribution in [0, 0.1) is 0 Å². The monoisotopic (exact) mass is 612 g/mol. The van der Waals surface area contributed by atoms with Gasteiger partial charge in [-0.3, -0.25) is 9.59 Å². The van der Waals surface area contributed by atoms with Gasteiger partial charge >= 0.3 is 0 Å². The van der Waals surface area contributed by atoms with E-state index in [1.165, 1.54) is 74.2 Å². The van der Waals surface area contributed by atoms with Crippen molar-refractivity contribution >= 4 is 40.7 Å². The topological polar surface area (TPSA) is 123 Å². The summed E-state index contributed by atoms with van der Waals surface area (Å²) in [5.41, 5.74) is 1.68. The van der Waals surface area contributed by atoms with Gasteiger partial charge in [-0.2, -0.15) is 0 Å². The smallest absolute Gasteiger partial charge is 0.248 e. The van der Waals surface area contributed by atoms with E-state index in [1.54, 1.807) is 36.4 Å². The summed E-state index contributed by atoms with van der Waals surface area (Å²) in [4.78, 5) is 25.8. The van der Waals surface area contributed by atoms with Gasteiger partial charge in [0.1, 0.15) is 23.0 Å². The number of amides is 1. The van der Waals surface area contributed by atoms with Crippen LogP contribution in [0.5, 0.6) is 40.2 Å². The highest BCUT2D eigenvalue weighted by Gasteiger charge is 2.22. The number of ketones is 1. The molecule has 2 N–H and O–H groups in total. The number of allylic oxidation sites excluding steroid dienone is 1. The molecule has 0 bridgehead atoms. The maximum absolute atomic E-state index is 13.0. The van der Waals surface area contributed by atoms with Crippen LogP contribution in [0.2, 0.25) is 5.02 Å². The molecule has 0 spiro atoms. The van der Waals surface area contributed by atoms with Crippen LogP contribution in [0.4, 0.5) is 11.4 Å². The molecule has 0 aliphatic rings. The molecule has 0 atom stereocenters. The van der Waals surface area contributed by atoms with E-state index in [9.17, 15) is 9.59 Å². The fourth-order valence-corrected chi connectivity index (χ4v) is 4.35. The molecule has 0 aromatic heterocycles. The minimum absolute atomic E-state index is 0.0787. The second-order valence-electron chi connectivity index (χ2n) is 8.53. The lowest BCUT2D eigenvalue weighted by molar-refractivity contribution is -0.111. The maximum atomic E-state index is 13.0. The van der Waals surface area contributed by atoms with E-state index in [-0.39, 0.29) is 27.8 Å². The van der Waals surface area contributed by atoms with Crippen molar-refractivity contribution < 1.29 is 42.7 Å². The molecule has 3 aromatic rings. The molecule has 0 saturated heterocycles.